The minimum absolute atomic E-state index is 0.0163. The third-order valence-corrected chi connectivity index (χ3v) is 4.57. The van der Waals surface area contributed by atoms with Crippen LogP contribution in [-0.2, 0) is 11.3 Å². The van der Waals surface area contributed by atoms with Gasteiger partial charge in [-0.2, -0.15) is 0 Å². The second kappa shape index (κ2) is 7.49. The molecule has 3 rings (SSSR count). The molecule has 0 aliphatic carbocycles. The summed E-state index contributed by atoms with van der Waals surface area (Å²) in [6.07, 6.45) is 0.157. The van der Waals surface area contributed by atoms with E-state index in [9.17, 15) is 9.90 Å². The Hall–Kier alpha value is -2.33. The lowest BCUT2D eigenvalue weighted by atomic mass is 10.0. The SMILES string of the molecule is CC1CN(Cc2ccccc2)CC(CC(=O)O)N1c1ccccc1. The van der Waals surface area contributed by atoms with Crippen LogP contribution in [0.2, 0.25) is 0 Å². The Bertz CT molecular complexity index is 660. The van der Waals surface area contributed by atoms with Crippen LogP contribution in [0.25, 0.3) is 0 Å². The Kier molecular flexibility index (Phi) is 5.16. The van der Waals surface area contributed by atoms with Crippen LogP contribution in [-0.4, -0.2) is 41.1 Å². The number of benzene rings is 2. The second-order valence-electron chi connectivity index (χ2n) is 6.52. The second-order valence-corrected chi connectivity index (χ2v) is 6.52. The average molecular weight is 324 g/mol. The number of nitrogens with zero attached hydrogens (tertiary/aromatic N) is 2. The van der Waals surface area contributed by atoms with Crippen LogP contribution >= 0.6 is 0 Å². The predicted octanol–water partition coefficient (Wildman–Crippen LogP) is 3.24. The molecule has 0 saturated carbocycles. The number of carboxylic acids is 1. The van der Waals surface area contributed by atoms with Crippen molar-refractivity contribution in [1.82, 2.24) is 4.90 Å². The van der Waals surface area contributed by atoms with Gasteiger partial charge in [-0.15, -0.1) is 0 Å². The van der Waals surface area contributed by atoms with Gasteiger partial charge in [0.15, 0.2) is 0 Å². The number of anilines is 1. The zero-order chi connectivity index (χ0) is 16.9. The molecule has 1 heterocycles. The summed E-state index contributed by atoms with van der Waals surface area (Å²) in [5.74, 6) is -0.741. The molecule has 24 heavy (non-hydrogen) atoms. The van der Waals surface area contributed by atoms with Gasteiger partial charge >= 0.3 is 5.97 Å². The van der Waals surface area contributed by atoms with Crippen molar-refractivity contribution in [2.75, 3.05) is 18.0 Å². The highest BCUT2D eigenvalue weighted by atomic mass is 16.4. The normalized spacial score (nSPS) is 21.6. The molecule has 1 saturated heterocycles. The summed E-state index contributed by atoms with van der Waals surface area (Å²) in [7, 11) is 0. The molecular weight excluding hydrogens is 300 g/mol. The Balaban J connectivity index is 1.79. The molecule has 1 N–H and O–H groups in total. The molecule has 0 radical (unpaired) electrons. The largest absolute Gasteiger partial charge is 0.481 e. The summed E-state index contributed by atoms with van der Waals surface area (Å²) < 4.78 is 0. The van der Waals surface area contributed by atoms with E-state index >= 15 is 0 Å². The number of aliphatic carboxylic acids is 1. The van der Waals surface area contributed by atoms with Crippen molar-refractivity contribution in [2.45, 2.75) is 32.0 Å². The van der Waals surface area contributed by atoms with Gasteiger partial charge in [0.25, 0.3) is 0 Å². The standard InChI is InChI=1S/C20H24N2O2/c1-16-13-21(14-17-8-4-2-5-9-17)15-19(12-20(23)24)22(16)18-10-6-3-7-11-18/h2-11,16,19H,12-15H2,1H3,(H,23,24). The number of rotatable bonds is 5. The quantitative estimate of drug-likeness (QED) is 0.917. The number of carbonyl (C=O) groups is 1. The van der Waals surface area contributed by atoms with E-state index < -0.39 is 5.97 Å². The first kappa shape index (κ1) is 16.5. The topological polar surface area (TPSA) is 43.8 Å². The van der Waals surface area contributed by atoms with Gasteiger partial charge in [-0.05, 0) is 24.6 Å². The Morgan fingerprint density at radius 1 is 1.04 bits per heavy atom. The van der Waals surface area contributed by atoms with E-state index in [0.29, 0.717) is 0 Å². The van der Waals surface area contributed by atoms with Crippen molar-refractivity contribution in [3.05, 3.63) is 66.2 Å². The highest BCUT2D eigenvalue weighted by Crippen LogP contribution is 2.27. The minimum Gasteiger partial charge on any atom is -0.481 e. The molecule has 0 aromatic heterocycles. The van der Waals surface area contributed by atoms with Crippen molar-refractivity contribution in [3.63, 3.8) is 0 Å². The molecule has 2 atom stereocenters. The van der Waals surface area contributed by atoms with E-state index in [0.717, 1.165) is 25.3 Å². The van der Waals surface area contributed by atoms with Crippen molar-refractivity contribution < 1.29 is 9.90 Å². The molecular formula is C20H24N2O2. The summed E-state index contributed by atoms with van der Waals surface area (Å²) in [6.45, 7) is 4.74. The van der Waals surface area contributed by atoms with E-state index in [1.54, 1.807) is 0 Å². The fourth-order valence-corrected chi connectivity index (χ4v) is 3.68. The predicted molar refractivity (Wildman–Crippen MR) is 96.1 cm³/mol. The van der Waals surface area contributed by atoms with Gasteiger partial charge in [0.1, 0.15) is 0 Å². The van der Waals surface area contributed by atoms with Gasteiger partial charge in [0.2, 0.25) is 0 Å². The fourth-order valence-electron chi connectivity index (χ4n) is 3.68. The van der Waals surface area contributed by atoms with Crippen molar-refractivity contribution >= 4 is 11.7 Å². The number of hydrogen-bond donors (Lipinski definition) is 1. The zero-order valence-corrected chi connectivity index (χ0v) is 14.0. The van der Waals surface area contributed by atoms with E-state index in [-0.39, 0.29) is 18.5 Å². The number of piperazine rings is 1. The maximum Gasteiger partial charge on any atom is 0.305 e. The number of hydrogen-bond acceptors (Lipinski definition) is 3. The lowest BCUT2D eigenvalue weighted by Crippen LogP contribution is -2.58. The van der Waals surface area contributed by atoms with Crippen LogP contribution in [0.1, 0.15) is 18.9 Å². The minimum atomic E-state index is -0.741. The van der Waals surface area contributed by atoms with E-state index in [2.05, 4.69) is 41.0 Å². The third-order valence-electron chi connectivity index (χ3n) is 4.57. The Morgan fingerprint density at radius 2 is 1.67 bits per heavy atom. The molecule has 1 aliphatic rings. The molecule has 126 valence electrons. The van der Waals surface area contributed by atoms with Crippen LogP contribution in [0.5, 0.6) is 0 Å². The van der Waals surface area contributed by atoms with Gasteiger partial charge in [0.05, 0.1) is 12.5 Å². The van der Waals surface area contributed by atoms with Crippen LogP contribution in [0.4, 0.5) is 5.69 Å². The molecule has 1 fully saturated rings. The molecule has 0 amide bonds. The van der Waals surface area contributed by atoms with Crippen molar-refractivity contribution in [2.24, 2.45) is 0 Å². The monoisotopic (exact) mass is 324 g/mol. The average Bonchev–Trinajstić information content (AvgIpc) is 2.56. The third kappa shape index (κ3) is 3.95. The smallest absolute Gasteiger partial charge is 0.305 e. The molecule has 1 aliphatic heterocycles. The van der Waals surface area contributed by atoms with Crippen LogP contribution in [0.3, 0.4) is 0 Å². The van der Waals surface area contributed by atoms with Gasteiger partial charge in [-0.3, -0.25) is 9.69 Å². The summed E-state index contributed by atoms with van der Waals surface area (Å²) in [6, 6.07) is 20.8. The van der Waals surface area contributed by atoms with E-state index in [4.69, 9.17) is 0 Å². The van der Waals surface area contributed by atoms with Gasteiger partial charge < -0.3 is 10.0 Å². The molecule has 4 nitrogen and oxygen atoms in total. The van der Waals surface area contributed by atoms with Gasteiger partial charge in [0, 0.05) is 31.4 Å². The van der Waals surface area contributed by atoms with E-state index in [1.165, 1.54) is 5.56 Å². The zero-order valence-electron chi connectivity index (χ0n) is 14.0. The first-order valence-electron chi connectivity index (χ1n) is 8.45. The molecule has 0 bridgehead atoms. The molecule has 2 aromatic rings. The van der Waals surface area contributed by atoms with Gasteiger partial charge in [-0.25, -0.2) is 0 Å². The molecule has 2 aromatic carbocycles. The van der Waals surface area contributed by atoms with Crippen LogP contribution in [0.15, 0.2) is 60.7 Å². The summed E-state index contributed by atoms with van der Waals surface area (Å²) >= 11 is 0. The number of para-hydroxylation sites is 1. The Labute approximate surface area is 143 Å². The summed E-state index contributed by atoms with van der Waals surface area (Å²) in [5, 5.41) is 9.35. The van der Waals surface area contributed by atoms with Crippen LogP contribution < -0.4 is 4.90 Å². The highest BCUT2D eigenvalue weighted by Gasteiger charge is 2.33. The molecule has 2 unspecified atom stereocenters. The van der Waals surface area contributed by atoms with Gasteiger partial charge in [-0.1, -0.05) is 48.5 Å². The first-order valence-corrected chi connectivity index (χ1v) is 8.45. The lowest BCUT2D eigenvalue weighted by Gasteiger charge is -2.47. The lowest BCUT2D eigenvalue weighted by molar-refractivity contribution is -0.137. The molecule has 0 spiro atoms. The fraction of sp³-hybridized carbons (Fsp3) is 0.350. The molecule has 4 heteroatoms. The van der Waals surface area contributed by atoms with Crippen LogP contribution in [0, 0.1) is 0 Å². The van der Waals surface area contributed by atoms with E-state index in [1.807, 2.05) is 36.4 Å². The first-order chi connectivity index (χ1) is 11.6. The van der Waals surface area contributed by atoms with Crippen molar-refractivity contribution in [1.29, 1.82) is 0 Å². The maximum atomic E-state index is 11.4. The summed E-state index contributed by atoms with van der Waals surface area (Å²) in [4.78, 5) is 16.0. The number of carboxylic acid groups (broad SMARTS) is 1. The maximum absolute atomic E-state index is 11.4. The summed E-state index contributed by atoms with van der Waals surface area (Å²) in [5.41, 5.74) is 2.38. The Morgan fingerprint density at radius 3 is 2.29 bits per heavy atom. The highest BCUT2D eigenvalue weighted by molar-refractivity contribution is 5.69. The van der Waals surface area contributed by atoms with Crippen molar-refractivity contribution in [3.8, 4) is 0 Å².